The minimum atomic E-state index is -0.865. The lowest BCUT2D eigenvalue weighted by atomic mass is 10.1. The van der Waals surface area contributed by atoms with E-state index < -0.39 is 72.1 Å². The lowest BCUT2D eigenvalue weighted by molar-refractivity contribution is -0.0586. The highest BCUT2D eigenvalue weighted by Gasteiger charge is 2.42. The zero-order valence-electron chi connectivity index (χ0n) is 34.9. The maximum absolute atomic E-state index is 12.7. The molecule has 24 heteroatoms. The van der Waals surface area contributed by atoms with Gasteiger partial charge in [0.25, 0.3) is 0 Å². The summed E-state index contributed by atoms with van der Waals surface area (Å²) in [6, 6.07) is 24.6. The topological polar surface area (TPSA) is 271 Å². The molecule has 0 bridgehead atoms. The summed E-state index contributed by atoms with van der Waals surface area (Å²) < 4.78 is 36.0. The van der Waals surface area contributed by atoms with Gasteiger partial charge in [-0.15, -0.1) is 0 Å². The van der Waals surface area contributed by atoms with Crippen LogP contribution in [0.15, 0.2) is 119 Å². The Hall–Kier alpha value is -6.94. The summed E-state index contributed by atoms with van der Waals surface area (Å²) in [6.07, 6.45) is -2.56. The fraction of sp³-hybridized carbons (Fsp3) is 0.227. The van der Waals surface area contributed by atoms with Crippen LogP contribution in [0.3, 0.4) is 0 Å². The summed E-state index contributed by atoms with van der Waals surface area (Å²) >= 11 is 23.4. The third-order valence-corrected chi connectivity index (χ3v) is 11.1. The monoisotopic (exact) mass is 1010 g/mol. The Labute approximate surface area is 404 Å². The molecule has 20 nitrogen and oxygen atoms in total. The smallest absolute Gasteiger partial charge is 0.354 e. The Balaban J connectivity index is 0.000000201. The van der Waals surface area contributed by atoms with Gasteiger partial charge in [-0.3, -0.25) is 9.13 Å². The molecule has 4 aromatic carbocycles. The second-order valence-corrected chi connectivity index (χ2v) is 16.4. The molecule has 0 spiro atoms. The van der Waals surface area contributed by atoms with Crippen molar-refractivity contribution < 1.29 is 47.6 Å². The van der Waals surface area contributed by atoms with Crippen LogP contribution in [0.2, 0.25) is 20.1 Å². The van der Waals surface area contributed by atoms with Gasteiger partial charge in [-0.25, -0.2) is 38.7 Å². The first-order valence-corrected chi connectivity index (χ1v) is 21.6. The van der Waals surface area contributed by atoms with E-state index in [1.165, 1.54) is 61.2 Å². The van der Waals surface area contributed by atoms with Crippen molar-refractivity contribution in [2.75, 3.05) is 24.7 Å². The molecule has 4 N–H and O–H groups in total. The van der Waals surface area contributed by atoms with Crippen LogP contribution in [-0.2, 0) is 28.4 Å². The predicted molar refractivity (Wildman–Crippen MR) is 243 cm³/mol. The summed E-state index contributed by atoms with van der Waals surface area (Å²) in [7, 11) is 0. The molecule has 6 atom stereocenters. The van der Waals surface area contributed by atoms with Gasteiger partial charge in [-0.1, -0.05) is 46.4 Å². The van der Waals surface area contributed by atoms with Crippen molar-refractivity contribution in [2.45, 2.75) is 49.7 Å². The summed E-state index contributed by atoms with van der Waals surface area (Å²) in [4.78, 5) is 89.4. The van der Waals surface area contributed by atoms with Crippen LogP contribution in [0.1, 0.15) is 66.7 Å². The van der Waals surface area contributed by atoms with Crippen LogP contribution in [-0.4, -0.2) is 90.6 Å². The SMILES string of the molecule is Nc1ncn([C@@H]2C[C@H](OC(=O)c3ccc(Cl)cc3)[C@@H](COC(=O)c3ccc(Cl)cc3)O2)c(=O)n1.Nc1ncn([C@H]2C[C@H](OC(=O)c3ccc(Cl)cc3)[C@@H](COC(=O)c3ccc(Cl)cc3)O2)c(=O)n1. The van der Waals surface area contributed by atoms with Crippen LogP contribution in [0.25, 0.3) is 0 Å². The summed E-state index contributed by atoms with van der Waals surface area (Å²) in [5.74, 6) is -2.84. The second kappa shape index (κ2) is 22.2. The van der Waals surface area contributed by atoms with Crippen molar-refractivity contribution in [1.29, 1.82) is 0 Å². The number of carbonyl (C=O) groups excluding carboxylic acids is 4. The number of nitrogen functional groups attached to an aromatic ring is 2. The van der Waals surface area contributed by atoms with Gasteiger partial charge < -0.3 is 39.9 Å². The summed E-state index contributed by atoms with van der Waals surface area (Å²) in [6.45, 7) is -0.470. The lowest BCUT2D eigenvalue weighted by Gasteiger charge is -2.19. The molecule has 352 valence electrons. The van der Waals surface area contributed by atoms with E-state index in [4.69, 9.17) is 86.3 Å². The number of ether oxygens (including phenoxy) is 6. The van der Waals surface area contributed by atoms with Crippen LogP contribution < -0.4 is 22.8 Å². The number of nitrogens with zero attached hydrogens (tertiary/aromatic N) is 6. The molecular formula is C44H36Cl4N8O12. The largest absolute Gasteiger partial charge is 0.459 e. The Morgan fingerprint density at radius 2 is 0.809 bits per heavy atom. The van der Waals surface area contributed by atoms with E-state index >= 15 is 0 Å². The van der Waals surface area contributed by atoms with Crippen molar-refractivity contribution in [3.05, 3.63) is 173 Å². The molecular weight excluding hydrogens is 974 g/mol. The van der Waals surface area contributed by atoms with Crippen LogP contribution in [0.4, 0.5) is 11.9 Å². The van der Waals surface area contributed by atoms with Gasteiger partial charge in [0.15, 0.2) is 0 Å². The minimum absolute atomic E-state index is 0.0929. The number of rotatable bonds is 12. The van der Waals surface area contributed by atoms with Gasteiger partial charge in [0.1, 0.15) is 62.7 Å². The Morgan fingerprint density at radius 1 is 0.515 bits per heavy atom. The quantitative estimate of drug-likeness (QED) is 0.108. The highest BCUT2D eigenvalue weighted by Crippen LogP contribution is 2.33. The molecule has 0 aliphatic carbocycles. The molecule has 0 unspecified atom stereocenters. The molecule has 2 aromatic heterocycles. The Kier molecular flexibility index (Phi) is 16.0. The fourth-order valence-electron chi connectivity index (χ4n) is 6.63. The minimum Gasteiger partial charge on any atom is -0.459 e. The molecule has 8 rings (SSSR count). The molecule has 0 radical (unpaired) electrons. The van der Waals surface area contributed by atoms with Gasteiger partial charge in [-0.05, 0) is 97.1 Å². The standard InChI is InChI=1S/2C22H18Cl2N4O6/c2*23-14-5-1-12(2-6-14)19(29)32-10-17-16(34-20(30)13-3-7-15(24)8-4-13)9-18(33-17)28-11-26-21(25)27-22(28)31/h2*1-8,11,16-18H,9-10H2,(H2,25,27,31)/t16-,17+,18+;16-,17+,18-/m00/s1. The number of hydrogen-bond acceptors (Lipinski definition) is 18. The van der Waals surface area contributed by atoms with Gasteiger partial charge in [-0.2, -0.15) is 9.97 Å². The number of hydrogen-bond donors (Lipinski definition) is 2. The molecule has 68 heavy (non-hydrogen) atoms. The van der Waals surface area contributed by atoms with Gasteiger partial charge in [0.05, 0.1) is 22.3 Å². The zero-order valence-corrected chi connectivity index (χ0v) is 38.0. The molecule has 2 saturated heterocycles. The number of nitrogens with two attached hydrogens (primary N) is 2. The van der Waals surface area contributed by atoms with Crippen LogP contribution in [0, 0.1) is 0 Å². The highest BCUT2D eigenvalue weighted by atomic mass is 35.5. The molecule has 0 amide bonds. The van der Waals surface area contributed by atoms with Gasteiger partial charge >= 0.3 is 35.3 Å². The van der Waals surface area contributed by atoms with Gasteiger partial charge in [0, 0.05) is 32.9 Å². The normalized spacial score (nSPS) is 19.5. The van der Waals surface area contributed by atoms with E-state index in [0.717, 1.165) is 9.13 Å². The molecule has 2 aliphatic rings. The summed E-state index contributed by atoms with van der Waals surface area (Å²) in [5.41, 5.74) is 10.7. The van der Waals surface area contributed by atoms with Gasteiger partial charge in [0.2, 0.25) is 11.9 Å². The van der Waals surface area contributed by atoms with Crippen molar-refractivity contribution in [1.82, 2.24) is 29.1 Å². The molecule has 6 aromatic rings. The van der Waals surface area contributed by atoms with E-state index in [2.05, 4.69) is 19.9 Å². The van der Waals surface area contributed by atoms with E-state index in [0.29, 0.717) is 20.1 Å². The second-order valence-electron chi connectivity index (χ2n) is 14.7. The van der Waals surface area contributed by atoms with Crippen molar-refractivity contribution in [2.24, 2.45) is 0 Å². The van der Waals surface area contributed by atoms with Crippen LogP contribution >= 0.6 is 46.4 Å². The van der Waals surface area contributed by atoms with Crippen molar-refractivity contribution in [3.8, 4) is 0 Å². The number of carbonyl (C=O) groups is 4. The van der Waals surface area contributed by atoms with Crippen LogP contribution in [0.5, 0.6) is 0 Å². The molecule has 2 fully saturated rings. The molecule has 4 heterocycles. The lowest BCUT2D eigenvalue weighted by Crippen LogP contribution is -2.32. The fourth-order valence-corrected chi connectivity index (χ4v) is 7.14. The van der Waals surface area contributed by atoms with E-state index in [1.54, 1.807) is 48.5 Å². The number of esters is 4. The number of benzene rings is 4. The van der Waals surface area contributed by atoms with E-state index in [9.17, 15) is 28.8 Å². The number of halogens is 4. The zero-order chi connectivity index (χ0) is 48.5. The average Bonchev–Trinajstić information content (AvgIpc) is 3.91. The third kappa shape index (κ3) is 12.7. The van der Waals surface area contributed by atoms with E-state index in [1.807, 2.05) is 0 Å². The third-order valence-electron chi connectivity index (χ3n) is 10.1. The highest BCUT2D eigenvalue weighted by molar-refractivity contribution is 6.31. The number of aromatic nitrogens is 6. The maximum atomic E-state index is 12.7. The average molecular weight is 1010 g/mol. The molecule has 2 aliphatic heterocycles. The predicted octanol–water partition coefficient (Wildman–Crippen LogP) is 5.79. The Bertz CT molecular complexity index is 2700. The van der Waals surface area contributed by atoms with Crippen molar-refractivity contribution in [3.63, 3.8) is 0 Å². The molecule has 0 saturated carbocycles. The Morgan fingerprint density at radius 3 is 1.10 bits per heavy atom. The van der Waals surface area contributed by atoms with E-state index in [-0.39, 0.29) is 60.2 Å². The van der Waals surface area contributed by atoms with Crippen molar-refractivity contribution >= 4 is 82.2 Å². The summed E-state index contributed by atoms with van der Waals surface area (Å²) in [5, 5.41) is 1.89. The number of anilines is 2. The first-order valence-electron chi connectivity index (χ1n) is 20.1. The maximum Gasteiger partial charge on any atom is 0.354 e. The first kappa shape index (κ1) is 49.0. The first-order chi connectivity index (χ1) is 32.6.